The van der Waals surface area contributed by atoms with Crippen molar-refractivity contribution in [1.82, 2.24) is 4.98 Å². The largest absolute Gasteiger partial charge is 0.497 e. The van der Waals surface area contributed by atoms with Crippen molar-refractivity contribution >= 4 is 22.8 Å². The van der Waals surface area contributed by atoms with Gasteiger partial charge in [-0.25, -0.2) is 9.59 Å². The Labute approximate surface area is 120 Å². The average Bonchev–Trinajstić information content (AvgIpc) is 2.89. The van der Waals surface area contributed by atoms with Gasteiger partial charge in [0.15, 0.2) is 0 Å². The molecule has 6 heteroatoms. The number of benzene rings is 1. The summed E-state index contributed by atoms with van der Waals surface area (Å²) in [5.41, 5.74) is 0.0223. The van der Waals surface area contributed by atoms with Gasteiger partial charge in [0.1, 0.15) is 12.3 Å². The fraction of sp³-hybridized carbons (Fsp3) is 0.0667. The van der Waals surface area contributed by atoms with Crippen LogP contribution in [0.5, 0.6) is 0 Å². The van der Waals surface area contributed by atoms with Crippen LogP contribution in [0.1, 0.15) is 20.8 Å². The first-order valence-electron chi connectivity index (χ1n) is 6.12. The van der Waals surface area contributed by atoms with Crippen molar-refractivity contribution in [3.8, 4) is 0 Å². The maximum atomic E-state index is 10.9. The van der Waals surface area contributed by atoms with Crippen molar-refractivity contribution in [3.63, 3.8) is 0 Å². The van der Waals surface area contributed by atoms with E-state index < -0.39 is 11.9 Å². The number of ether oxygens (including phenoxy) is 1. The molecule has 0 bridgehead atoms. The van der Waals surface area contributed by atoms with Crippen LogP contribution in [0.25, 0.3) is 10.9 Å². The van der Waals surface area contributed by atoms with E-state index in [2.05, 4.69) is 4.98 Å². The Morgan fingerprint density at radius 3 is 2.33 bits per heavy atom. The molecule has 1 aromatic heterocycles. The van der Waals surface area contributed by atoms with Crippen LogP contribution in [0.3, 0.4) is 0 Å². The molecule has 0 spiro atoms. The van der Waals surface area contributed by atoms with Gasteiger partial charge in [0.25, 0.3) is 0 Å². The molecule has 1 aliphatic heterocycles. The van der Waals surface area contributed by atoms with Gasteiger partial charge >= 0.3 is 11.9 Å². The number of fused-ring (bicyclic) bond motifs is 1. The van der Waals surface area contributed by atoms with Crippen LogP contribution in [-0.2, 0) is 4.74 Å². The Kier molecular flexibility index (Phi) is 4.40. The minimum Gasteiger partial charge on any atom is -0.497 e. The van der Waals surface area contributed by atoms with Crippen molar-refractivity contribution in [1.29, 1.82) is 0 Å². The zero-order valence-electron chi connectivity index (χ0n) is 10.9. The van der Waals surface area contributed by atoms with Gasteiger partial charge in [-0.2, -0.15) is 0 Å². The lowest BCUT2D eigenvalue weighted by Gasteiger charge is -1.94. The lowest BCUT2D eigenvalue weighted by atomic mass is 10.1. The summed E-state index contributed by atoms with van der Waals surface area (Å²) in [4.78, 5) is 24.3. The van der Waals surface area contributed by atoms with Gasteiger partial charge in [-0.1, -0.05) is 24.3 Å². The van der Waals surface area contributed by atoms with Gasteiger partial charge in [-0.3, -0.25) is 0 Å². The molecule has 2 heterocycles. The minimum atomic E-state index is -1.27. The standard InChI is InChI=1S/C10H7NO4.C5H6O/c12-9(13)7-5-3-1-2-4-6(5)11-8(7)10(14)15;1-2-4-6-5-3-1/h1-4,11H,(H,12,13)(H,14,15);1-4H,5H2. The predicted octanol–water partition coefficient (Wildman–Crippen LogP) is 2.65. The highest BCUT2D eigenvalue weighted by molar-refractivity contribution is 6.11. The van der Waals surface area contributed by atoms with Crippen molar-refractivity contribution in [2.45, 2.75) is 0 Å². The molecule has 0 saturated heterocycles. The number of aromatic carboxylic acids is 2. The topological polar surface area (TPSA) is 99.6 Å². The van der Waals surface area contributed by atoms with Crippen LogP contribution in [0.2, 0.25) is 0 Å². The van der Waals surface area contributed by atoms with E-state index in [4.69, 9.17) is 14.9 Å². The van der Waals surface area contributed by atoms with E-state index in [1.54, 1.807) is 30.5 Å². The minimum absolute atomic E-state index is 0.196. The Hall–Kier alpha value is -3.02. The van der Waals surface area contributed by atoms with Crippen molar-refractivity contribution in [2.24, 2.45) is 0 Å². The summed E-state index contributed by atoms with van der Waals surface area (Å²) < 4.78 is 4.80. The quantitative estimate of drug-likeness (QED) is 0.788. The highest BCUT2D eigenvalue weighted by atomic mass is 16.5. The number of aromatic nitrogens is 1. The molecule has 0 fully saturated rings. The third kappa shape index (κ3) is 3.30. The molecule has 0 amide bonds. The molecule has 0 unspecified atom stereocenters. The second-order valence-electron chi connectivity index (χ2n) is 4.12. The first kappa shape index (κ1) is 14.4. The highest BCUT2D eigenvalue weighted by Gasteiger charge is 2.21. The average molecular weight is 287 g/mol. The van der Waals surface area contributed by atoms with Crippen LogP contribution in [0.15, 0.2) is 48.8 Å². The summed E-state index contributed by atoms with van der Waals surface area (Å²) >= 11 is 0. The number of carboxylic acid groups (broad SMARTS) is 2. The Morgan fingerprint density at radius 1 is 1.10 bits per heavy atom. The van der Waals surface area contributed by atoms with Gasteiger partial charge in [0.2, 0.25) is 0 Å². The van der Waals surface area contributed by atoms with Crippen LogP contribution in [0, 0.1) is 0 Å². The molecule has 6 nitrogen and oxygen atoms in total. The SMILES string of the molecule is C1=CCOC=C1.O=C(O)c1[nH]c2ccccc2c1C(=O)O. The molecule has 3 rings (SSSR count). The summed E-state index contributed by atoms with van der Waals surface area (Å²) in [6.45, 7) is 0.733. The number of nitrogens with one attached hydrogen (secondary N) is 1. The molecule has 3 N–H and O–H groups in total. The second kappa shape index (κ2) is 6.42. The lowest BCUT2D eigenvalue weighted by molar-refractivity contribution is 0.0650. The summed E-state index contributed by atoms with van der Waals surface area (Å²) in [5.74, 6) is -2.52. The number of H-pyrrole nitrogens is 1. The number of rotatable bonds is 2. The van der Waals surface area contributed by atoms with Crippen molar-refractivity contribution < 1.29 is 24.5 Å². The third-order valence-electron chi connectivity index (χ3n) is 2.75. The molecule has 0 saturated carbocycles. The number of aromatic amines is 1. The van der Waals surface area contributed by atoms with E-state index in [-0.39, 0.29) is 11.3 Å². The fourth-order valence-corrected chi connectivity index (χ4v) is 1.87. The number of carboxylic acids is 2. The molecule has 0 atom stereocenters. The normalized spacial score (nSPS) is 12.4. The van der Waals surface area contributed by atoms with Gasteiger partial charge in [-0.15, -0.1) is 0 Å². The highest BCUT2D eigenvalue weighted by Crippen LogP contribution is 2.22. The number of allylic oxidation sites excluding steroid dienone is 2. The molecule has 1 aliphatic rings. The maximum absolute atomic E-state index is 10.9. The van der Waals surface area contributed by atoms with Crippen molar-refractivity contribution in [2.75, 3.05) is 6.61 Å². The van der Waals surface area contributed by atoms with E-state index in [1.165, 1.54) is 0 Å². The first-order valence-corrected chi connectivity index (χ1v) is 6.12. The number of carbonyl (C=O) groups is 2. The van der Waals surface area contributed by atoms with Crippen LogP contribution in [-0.4, -0.2) is 33.7 Å². The number of para-hydroxylation sites is 1. The zero-order chi connectivity index (χ0) is 15.2. The van der Waals surface area contributed by atoms with E-state index >= 15 is 0 Å². The van der Waals surface area contributed by atoms with Gasteiger partial charge < -0.3 is 19.9 Å². The smallest absolute Gasteiger partial charge is 0.353 e. The van der Waals surface area contributed by atoms with Gasteiger partial charge in [0.05, 0.1) is 11.8 Å². The molecular formula is C15H13NO5. The maximum Gasteiger partial charge on any atom is 0.353 e. The lowest BCUT2D eigenvalue weighted by Crippen LogP contribution is -2.06. The molecule has 21 heavy (non-hydrogen) atoms. The molecule has 0 radical (unpaired) electrons. The van der Waals surface area contributed by atoms with E-state index in [0.29, 0.717) is 10.9 Å². The molecular weight excluding hydrogens is 274 g/mol. The first-order chi connectivity index (χ1) is 10.1. The molecule has 2 aromatic rings. The Balaban J connectivity index is 0.000000225. The summed E-state index contributed by atoms with van der Waals surface area (Å²) in [6, 6.07) is 6.57. The second-order valence-corrected chi connectivity index (χ2v) is 4.12. The number of hydrogen-bond acceptors (Lipinski definition) is 3. The van der Waals surface area contributed by atoms with Crippen LogP contribution in [0.4, 0.5) is 0 Å². The molecule has 0 aliphatic carbocycles. The van der Waals surface area contributed by atoms with E-state index in [9.17, 15) is 9.59 Å². The molecule has 1 aromatic carbocycles. The Bertz CT molecular complexity index is 715. The fourth-order valence-electron chi connectivity index (χ4n) is 1.87. The van der Waals surface area contributed by atoms with Crippen molar-refractivity contribution in [3.05, 3.63) is 60.0 Å². The summed E-state index contributed by atoms with van der Waals surface area (Å²) in [5, 5.41) is 18.1. The zero-order valence-corrected chi connectivity index (χ0v) is 10.9. The van der Waals surface area contributed by atoms with Gasteiger partial charge in [0, 0.05) is 10.9 Å². The summed E-state index contributed by atoms with van der Waals surface area (Å²) in [6.07, 6.45) is 7.47. The van der Waals surface area contributed by atoms with E-state index in [1.807, 2.05) is 18.2 Å². The number of hydrogen-bond donors (Lipinski definition) is 3. The van der Waals surface area contributed by atoms with Crippen LogP contribution < -0.4 is 0 Å². The van der Waals surface area contributed by atoms with Gasteiger partial charge in [-0.05, 0) is 18.2 Å². The third-order valence-corrected chi connectivity index (χ3v) is 2.75. The monoisotopic (exact) mass is 287 g/mol. The summed E-state index contributed by atoms with van der Waals surface area (Å²) in [7, 11) is 0. The van der Waals surface area contributed by atoms with E-state index in [0.717, 1.165) is 6.61 Å². The predicted molar refractivity (Wildman–Crippen MR) is 76.4 cm³/mol. The Morgan fingerprint density at radius 2 is 1.86 bits per heavy atom. The van der Waals surface area contributed by atoms with Crippen LogP contribution >= 0.6 is 0 Å². The molecule has 108 valence electrons.